The van der Waals surface area contributed by atoms with E-state index < -0.39 is 40.7 Å². The third kappa shape index (κ3) is 7.51. The summed E-state index contributed by atoms with van der Waals surface area (Å²) >= 11 is 0. The molecular weight excluding hydrogens is 754 g/mol. The number of nitrogens with zero attached hydrogens (tertiary/aromatic N) is 5. The van der Waals surface area contributed by atoms with Crippen molar-refractivity contribution in [3.8, 4) is 11.8 Å². The van der Waals surface area contributed by atoms with Crippen molar-refractivity contribution < 1.29 is 33.4 Å². The first-order valence-corrected chi connectivity index (χ1v) is 20.6. The second-order valence-corrected chi connectivity index (χ2v) is 17.9. The first-order valence-electron chi connectivity index (χ1n) is 20.6. The summed E-state index contributed by atoms with van der Waals surface area (Å²) in [5, 5.41) is 25.1. The number of aliphatic hydroxyl groups excluding tert-OH is 1. The number of halogens is 1. The van der Waals surface area contributed by atoms with E-state index in [0.717, 1.165) is 74.9 Å². The van der Waals surface area contributed by atoms with Crippen LogP contribution in [-0.4, -0.2) is 109 Å². The van der Waals surface area contributed by atoms with Gasteiger partial charge in [0, 0.05) is 92.1 Å². The van der Waals surface area contributed by atoms with Crippen LogP contribution in [0.1, 0.15) is 90.0 Å². The molecule has 14 heteroatoms. The maximum absolute atomic E-state index is 14.3. The highest BCUT2D eigenvalue weighted by Crippen LogP contribution is 2.55. The van der Waals surface area contributed by atoms with Gasteiger partial charge in [0.05, 0.1) is 22.7 Å². The van der Waals surface area contributed by atoms with E-state index in [1.54, 1.807) is 18.2 Å². The minimum Gasteiger partial charge on any atom is -0.489 e. The molecule has 5 aliphatic rings. The van der Waals surface area contributed by atoms with Gasteiger partial charge in [-0.2, -0.15) is 5.26 Å². The minimum atomic E-state index is -1.28. The summed E-state index contributed by atoms with van der Waals surface area (Å²) in [7, 11) is 0. The summed E-state index contributed by atoms with van der Waals surface area (Å²) in [6, 6.07) is 18.3. The molecular formula is C45H52FN7O6. The number of ether oxygens (including phenoxy) is 1. The standard InChI is InChI=1S/C45H52FN7O6/c1-44(2)42(45(3,4)43(44)59-32-11-7-29(25-47)35(46)24-32)49-38(55)28-5-8-30(9-6-28)52-21-19-50(20-22-52)26-27-15-17-51(18-16-27)31-10-12-33-34(23-31)41(58)53(40(33)57)36-13-14-37(54)48-39(36)56/h5-12,23-24,27,36,39,42-43,56H,13-22,26H2,1-4H3,(H,48,54)(H,49,55). The highest BCUT2D eigenvalue weighted by atomic mass is 19.1. The zero-order valence-electron chi connectivity index (χ0n) is 34.0. The Bertz CT molecular complexity index is 2170. The average molecular weight is 806 g/mol. The van der Waals surface area contributed by atoms with Crippen molar-refractivity contribution >= 4 is 35.0 Å². The Morgan fingerprint density at radius 3 is 2.15 bits per heavy atom. The number of fused-ring (bicyclic) bond motifs is 1. The maximum Gasteiger partial charge on any atom is 0.262 e. The van der Waals surface area contributed by atoms with Gasteiger partial charge >= 0.3 is 0 Å². The van der Waals surface area contributed by atoms with Gasteiger partial charge < -0.3 is 30.3 Å². The number of rotatable bonds is 9. The van der Waals surface area contributed by atoms with E-state index in [-0.39, 0.29) is 42.4 Å². The van der Waals surface area contributed by atoms with Crippen molar-refractivity contribution in [1.29, 1.82) is 5.26 Å². The molecule has 13 nitrogen and oxygen atoms in total. The van der Waals surface area contributed by atoms with Crippen molar-refractivity contribution in [2.75, 3.05) is 55.6 Å². The van der Waals surface area contributed by atoms with Crippen molar-refractivity contribution in [2.24, 2.45) is 16.7 Å². The zero-order chi connectivity index (χ0) is 41.8. The Morgan fingerprint density at radius 2 is 1.51 bits per heavy atom. The van der Waals surface area contributed by atoms with Crippen LogP contribution in [0.15, 0.2) is 60.7 Å². The molecule has 59 heavy (non-hydrogen) atoms. The van der Waals surface area contributed by atoms with E-state index >= 15 is 0 Å². The summed E-state index contributed by atoms with van der Waals surface area (Å²) in [5.74, 6) is -1.02. The number of piperidine rings is 2. The number of nitriles is 1. The van der Waals surface area contributed by atoms with Gasteiger partial charge in [-0.3, -0.25) is 29.0 Å². The molecule has 3 N–H and O–H groups in total. The highest BCUT2D eigenvalue weighted by molar-refractivity contribution is 6.22. The number of anilines is 2. The third-order valence-corrected chi connectivity index (χ3v) is 13.4. The number of piperazine rings is 1. The normalized spacial score (nSPS) is 25.5. The molecule has 1 saturated carbocycles. The molecule has 4 fully saturated rings. The topological polar surface area (TPSA) is 159 Å². The molecule has 4 heterocycles. The summed E-state index contributed by atoms with van der Waals surface area (Å²) < 4.78 is 20.5. The molecule has 0 radical (unpaired) electrons. The predicted molar refractivity (Wildman–Crippen MR) is 218 cm³/mol. The van der Waals surface area contributed by atoms with E-state index in [9.17, 15) is 28.7 Å². The number of hydrogen-bond donors (Lipinski definition) is 3. The molecule has 3 saturated heterocycles. The van der Waals surface area contributed by atoms with Crippen LogP contribution in [0.2, 0.25) is 0 Å². The average Bonchev–Trinajstić information content (AvgIpc) is 3.47. The second kappa shape index (κ2) is 15.6. The number of benzene rings is 3. The quantitative estimate of drug-likeness (QED) is 0.263. The monoisotopic (exact) mass is 805 g/mol. The SMILES string of the molecule is CC1(C)C(NC(=O)c2ccc(N3CCN(CC4CCN(c5ccc6c(c5)C(=O)N(C5CCC(=O)NC5O)C6=O)CC4)CC3)cc2)C(C)(C)C1Oc1ccc(C#N)c(F)c1. The molecule has 0 spiro atoms. The van der Waals surface area contributed by atoms with Crippen LogP contribution in [0, 0.1) is 33.9 Å². The Kier molecular flexibility index (Phi) is 10.6. The van der Waals surface area contributed by atoms with Gasteiger partial charge in [0.1, 0.15) is 30.0 Å². The van der Waals surface area contributed by atoms with E-state index in [2.05, 4.69) is 25.3 Å². The van der Waals surface area contributed by atoms with Crippen LogP contribution in [0.5, 0.6) is 5.75 Å². The van der Waals surface area contributed by atoms with Crippen LogP contribution >= 0.6 is 0 Å². The molecule has 3 aromatic carbocycles. The lowest BCUT2D eigenvalue weighted by molar-refractivity contribution is -0.164. The maximum atomic E-state index is 14.3. The molecule has 1 aliphatic carbocycles. The molecule has 4 amide bonds. The Morgan fingerprint density at radius 1 is 0.864 bits per heavy atom. The highest BCUT2D eigenvalue weighted by Gasteiger charge is 2.64. The van der Waals surface area contributed by atoms with E-state index in [4.69, 9.17) is 10.00 Å². The van der Waals surface area contributed by atoms with Gasteiger partial charge in [-0.25, -0.2) is 4.39 Å². The smallest absolute Gasteiger partial charge is 0.262 e. The van der Waals surface area contributed by atoms with Crippen LogP contribution in [-0.2, 0) is 4.79 Å². The van der Waals surface area contributed by atoms with Crippen molar-refractivity contribution in [3.05, 3.63) is 88.7 Å². The molecule has 310 valence electrons. The molecule has 0 aromatic heterocycles. The van der Waals surface area contributed by atoms with Gasteiger partial charge in [0.15, 0.2) is 0 Å². The molecule has 0 bridgehead atoms. The van der Waals surface area contributed by atoms with Gasteiger partial charge in [0.2, 0.25) is 5.91 Å². The number of amides is 4. The van der Waals surface area contributed by atoms with Gasteiger partial charge in [0.25, 0.3) is 17.7 Å². The number of aliphatic hydroxyl groups is 1. The van der Waals surface area contributed by atoms with E-state index in [0.29, 0.717) is 28.4 Å². The molecule has 8 rings (SSSR count). The van der Waals surface area contributed by atoms with E-state index in [1.807, 2.05) is 64.1 Å². The number of hydrogen-bond acceptors (Lipinski definition) is 10. The minimum absolute atomic E-state index is 0.0321. The second-order valence-electron chi connectivity index (χ2n) is 17.9. The van der Waals surface area contributed by atoms with Crippen LogP contribution < -0.4 is 25.2 Å². The third-order valence-electron chi connectivity index (χ3n) is 13.4. The Balaban J connectivity index is 0.789. The molecule has 2 unspecified atom stereocenters. The zero-order valence-corrected chi connectivity index (χ0v) is 34.0. The van der Waals surface area contributed by atoms with Crippen LogP contribution in [0.25, 0.3) is 0 Å². The van der Waals surface area contributed by atoms with Crippen LogP contribution in [0.4, 0.5) is 15.8 Å². The summed E-state index contributed by atoms with van der Waals surface area (Å²) in [6.45, 7) is 14.6. The summed E-state index contributed by atoms with van der Waals surface area (Å²) in [5.41, 5.74) is 2.37. The fourth-order valence-corrected chi connectivity index (χ4v) is 10.3. The van der Waals surface area contributed by atoms with Crippen molar-refractivity contribution in [1.82, 2.24) is 20.4 Å². The number of imide groups is 1. The fourth-order valence-electron chi connectivity index (χ4n) is 10.3. The molecule has 2 atom stereocenters. The van der Waals surface area contributed by atoms with Crippen molar-refractivity contribution in [2.45, 2.75) is 77.8 Å². The molecule has 3 aromatic rings. The van der Waals surface area contributed by atoms with Gasteiger partial charge in [-0.05, 0) is 79.8 Å². The van der Waals surface area contributed by atoms with Gasteiger partial charge in [-0.15, -0.1) is 0 Å². The predicted octanol–water partition coefficient (Wildman–Crippen LogP) is 4.54. The lowest BCUT2D eigenvalue weighted by Crippen LogP contribution is -2.74. The first kappa shape index (κ1) is 40.3. The van der Waals surface area contributed by atoms with Gasteiger partial charge in [-0.1, -0.05) is 27.7 Å². The number of carbonyl (C=O) groups is 4. The first-order chi connectivity index (χ1) is 28.1. The lowest BCUT2D eigenvalue weighted by Gasteiger charge is -2.63. The summed E-state index contributed by atoms with van der Waals surface area (Å²) in [6.07, 6.45) is 0.859. The number of nitrogens with one attached hydrogen (secondary N) is 2. The lowest BCUT2D eigenvalue weighted by atomic mass is 9.49. The van der Waals surface area contributed by atoms with Crippen molar-refractivity contribution in [3.63, 3.8) is 0 Å². The Hall–Kier alpha value is -5.52. The number of carbonyl (C=O) groups excluding carboxylic acids is 4. The Labute approximate surface area is 344 Å². The molecule has 4 aliphatic heterocycles. The summed E-state index contributed by atoms with van der Waals surface area (Å²) in [4.78, 5) is 60.0. The van der Waals surface area contributed by atoms with Crippen LogP contribution in [0.3, 0.4) is 0 Å². The largest absolute Gasteiger partial charge is 0.489 e. The van der Waals surface area contributed by atoms with E-state index in [1.165, 1.54) is 12.1 Å². The fraction of sp³-hybridized carbons (Fsp3) is 0.489.